The number of amides is 3. The van der Waals surface area contributed by atoms with Crippen molar-refractivity contribution in [1.29, 1.82) is 0 Å². The summed E-state index contributed by atoms with van der Waals surface area (Å²) in [4.78, 5) is 25.9. The van der Waals surface area contributed by atoms with Crippen molar-refractivity contribution in [2.75, 3.05) is 26.2 Å². The number of nitrogens with zero attached hydrogens (tertiary/aromatic N) is 1. The van der Waals surface area contributed by atoms with Gasteiger partial charge in [-0.05, 0) is 30.4 Å². The van der Waals surface area contributed by atoms with Crippen LogP contribution in [0.1, 0.15) is 33.6 Å². The largest absolute Gasteiger partial charge is 0.484 e. The molecule has 3 amide bonds. The van der Waals surface area contributed by atoms with Crippen LogP contribution in [0.2, 0.25) is 0 Å². The fourth-order valence-corrected chi connectivity index (χ4v) is 2.61. The number of carbonyl (C=O) groups is 2. The van der Waals surface area contributed by atoms with Crippen LogP contribution in [0, 0.1) is 5.41 Å². The first-order valence-electron chi connectivity index (χ1n) is 8.83. The summed E-state index contributed by atoms with van der Waals surface area (Å²) in [6.45, 7) is 8.24. The zero-order valence-electron chi connectivity index (χ0n) is 15.4. The second-order valence-corrected chi connectivity index (χ2v) is 7.65. The van der Waals surface area contributed by atoms with E-state index < -0.39 is 0 Å². The van der Waals surface area contributed by atoms with E-state index in [2.05, 4.69) is 31.4 Å². The first kappa shape index (κ1) is 19.1. The maximum absolute atomic E-state index is 12.1. The third-order valence-electron chi connectivity index (χ3n) is 4.03. The number of benzene rings is 1. The van der Waals surface area contributed by atoms with E-state index in [4.69, 9.17) is 4.74 Å². The van der Waals surface area contributed by atoms with Gasteiger partial charge in [-0.1, -0.05) is 39.0 Å². The molecule has 0 spiro atoms. The van der Waals surface area contributed by atoms with Gasteiger partial charge in [-0.15, -0.1) is 0 Å². The number of para-hydroxylation sites is 1. The fourth-order valence-electron chi connectivity index (χ4n) is 2.61. The lowest BCUT2D eigenvalue weighted by atomic mass is 9.97. The van der Waals surface area contributed by atoms with Gasteiger partial charge in [0.15, 0.2) is 6.61 Å². The van der Waals surface area contributed by atoms with E-state index in [1.54, 1.807) is 0 Å². The maximum atomic E-state index is 12.1. The average Bonchev–Trinajstić information content (AvgIpc) is 2.59. The molecule has 0 aromatic heterocycles. The van der Waals surface area contributed by atoms with Crippen molar-refractivity contribution in [1.82, 2.24) is 15.5 Å². The lowest BCUT2D eigenvalue weighted by molar-refractivity contribution is -0.124. The van der Waals surface area contributed by atoms with Gasteiger partial charge in [-0.3, -0.25) is 4.79 Å². The van der Waals surface area contributed by atoms with Gasteiger partial charge in [0.2, 0.25) is 0 Å². The molecule has 25 heavy (non-hydrogen) atoms. The van der Waals surface area contributed by atoms with Gasteiger partial charge >= 0.3 is 6.03 Å². The minimum absolute atomic E-state index is 0.0102. The van der Waals surface area contributed by atoms with Crippen LogP contribution in [0.5, 0.6) is 5.75 Å². The predicted octanol–water partition coefficient (Wildman–Crippen LogP) is 2.40. The molecule has 138 valence electrons. The number of ether oxygens (including phenoxy) is 1. The van der Waals surface area contributed by atoms with Crippen LogP contribution < -0.4 is 15.4 Å². The number of hydrogen-bond donors (Lipinski definition) is 2. The molecule has 1 aliphatic rings. The van der Waals surface area contributed by atoms with Gasteiger partial charge in [0.1, 0.15) is 5.75 Å². The zero-order valence-corrected chi connectivity index (χ0v) is 15.4. The predicted molar refractivity (Wildman–Crippen MR) is 97.5 cm³/mol. The van der Waals surface area contributed by atoms with Gasteiger partial charge in [-0.2, -0.15) is 0 Å². The summed E-state index contributed by atoms with van der Waals surface area (Å²) in [5, 5.41) is 5.95. The van der Waals surface area contributed by atoms with Crippen LogP contribution in [0.25, 0.3) is 0 Å². The second kappa shape index (κ2) is 8.74. The Labute approximate surface area is 149 Å². The van der Waals surface area contributed by atoms with E-state index in [-0.39, 0.29) is 30.0 Å². The fraction of sp³-hybridized carbons (Fsp3) is 0.579. The molecular formula is C19H29N3O3. The highest BCUT2D eigenvalue weighted by molar-refractivity contribution is 5.78. The molecule has 0 saturated carbocycles. The monoisotopic (exact) mass is 347 g/mol. The molecule has 0 atom stereocenters. The van der Waals surface area contributed by atoms with Crippen molar-refractivity contribution >= 4 is 11.9 Å². The maximum Gasteiger partial charge on any atom is 0.317 e. The summed E-state index contributed by atoms with van der Waals surface area (Å²) in [5.41, 5.74) is 0.0701. The molecule has 0 bridgehead atoms. The summed E-state index contributed by atoms with van der Waals surface area (Å²) < 4.78 is 5.45. The van der Waals surface area contributed by atoms with E-state index in [1.807, 2.05) is 35.2 Å². The number of rotatable bonds is 5. The molecule has 1 aliphatic heterocycles. The molecule has 6 nitrogen and oxygen atoms in total. The van der Waals surface area contributed by atoms with Gasteiger partial charge in [0.05, 0.1) is 0 Å². The highest BCUT2D eigenvalue weighted by atomic mass is 16.5. The molecule has 1 saturated heterocycles. The standard InChI is InChI=1S/C19H29N3O3/c1-19(2,3)14-20-18(24)22-11-9-15(10-12-22)21-17(23)13-25-16-7-5-4-6-8-16/h4-8,15H,9-14H2,1-3H3,(H,20,24)(H,21,23). The van der Waals surface area contributed by atoms with Crippen LogP contribution in [0.4, 0.5) is 4.79 Å². The van der Waals surface area contributed by atoms with Crippen molar-refractivity contribution < 1.29 is 14.3 Å². The minimum Gasteiger partial charge on any atom is -0.484 e. The zero-order chi connectivity index (χ0) is 18.3. The lowest BCUT2D eigenvalue weighted by Crippen LogP contribution is -2.50. The van der Waals surface area contributed by atoms with E-state index in [1.165, 1.54) is 0 Å². The van der Waals surface area contributed by atoms with E-state index in [0.29, 0.717) is 25.4 Å². The summed E-state index contributed by atoms with van der Waals surface area (Å²) in [7, 11) is 0. The number of likely N-dealkylation sites (tertiary alicyclic amines) is 1. The Bertz CT molecular complexity index is 561. The van der Waals surface area contributed by atoms with Gasteiger partial charge in [0.25, 0.3) is 5.91 Å². The van der Waals surface area contributed by atoms with Crippen molar-refractivity contribution in [2.45, 2.75) is 39.7 Å². The molecule has 2 rings (SSSR count). The Hall–Kier alpha value is -2.24. The molecule has 1 heterocycles. The van der Waals surface area contributed by atoms with Crippen LogP contribution in [0.15, 0.2) is 30.3 Å². The van der Waals surface area contributed by atoms with Crippen LogP contribution in [0.3, 0.4) is 0 Å². The first-order valence-corrected chi connectivity index (χ1v) is 8.83. The molecule has 1 aromatic carbocycles. The molecule has 0 radical (unpaired) electrons. The van der Waals surface area contributed by atoms with Crippen molar-refractivity contribution in [2.24, 2.45) is 5.41 Å². The topological polar surface area (TPSA) is 70.7 Å². The Morgan fingerprint density at radius 3 is 2.40 bits per heavy atom. The number of hydrogen-bond acceptors (Lipinski definition) is 3. The van der Waals surface area contributed by atoms with Gasteiger partial charge in [0, 0.05) is 25.7 Å². The SMILES string of the molecule is CC(C)(C)CNC(=O)N1CCC(NC(=O)COc2ccccc2)CC1. The van der Waals surface area contributed by atoms with Gasteiger partial charge in [-0.25, -0.2) is 4.79 Å². The molecule has 1 fully saturated rings. The third-order valence-corrected chi connectivity index (χ3v) is 4.03. The van der Waals surface area contributed by atoms with Crippen LogP contribution in [-0.4, -0.2) is 49.1 Å². The summed E-state index contributed by atoms with van der Waals surface area (Å²) in [6, 6.07) is 9.36. The molecule has 1 aromatic rings. The van der Waals surface area contributed by atoms with Crippen LogP contribution in [-0.2, 0) is 4.79 Å². The van der Waals surface area contributed by atoms with Crippen molar-refractivity contribution in [3.8, 4) is 5.75 Å². The summed E-state index contributed by atoms with van der Waals surface area (Å²) in [5.74, 6) is 0.558. The normalized spacial score (nSPS) is 15.6. The first-order chi connectivity index (χ1) is 11.8. The average molecular weight is 347 g/mol. The number of piperidine rings is 1. The Morgan fingerprint density at radius 2 is 1.80 bits per heavy atom. The highest BCUT2D eigenvalue weighted by Gasteiger charge is 2.24. The Kier molecular flexibility index (Phi) is 6.67. The number of urea groups is 1. The highest BCUT2D eigenvalue weighted by Crippen LogP contribution is 2.13. The molecule has 6 heteroatoms. The molecule has 2 N–H and O–H groups in total. The van der Waals surface area contributed by atoms with Gasteiger partial charge < -0.3 is 20.3 Å². The van der Waals surface area contributed by atoms with Crippen LogP contribution >= 0.6 is 0 Å². The lowest BCUT2D eigenvalue weighted by Gasteiger charge is -2.33. The minimum atomic E-state index is -0.125. The van der Waals surface area contributed by atoms with E-state index >= 15 is 0 Å². The van der Waals surface area contributed by atoms with Crippen molar-refractivity contribution in [3.63, 3.8) is 0 Å². The van der Waals surface area contributed by atoms with E-state index in [0.717, 1.165) is 12.8 Å². The summed E-state index contributed by atoms with van der Waals surface area (Å²) in [6.07, 6.45) is 1.53. The smallest absolute Gasteiger partial charge is 0.317 e. The quantitative estimate of drug-likeness (QED) is 0.859. The van der Waals surface area contributed by atoms with Crippen molar-refractivity contribution in [3.05, 3.63) is 30.3 Å². The second-order valence-electron chi connectivity index (χ2n) is 7.65. The summed E-state index contributed by atoms with van der Waals surface area (Å²) >= 11 is 0. The molecular weight excluding hydrogens is 318 g/mol. The van der Waals surface area contributed by atoms with E-state index in [9.17, 15) is 9.59 Å². The Morgan fingerprint density at radius 1 is 1.16 bits per heavy atom. The molecule has 0 unspecified atom stereocenters. The third kappa shape index (κ3) is 7.03. The number of carbonyl (C=O) groups excluding carboxylic acids is 2. The number of nitrogens with one attached hydrogen (secondary N) is 2. The Balaban J connectivity index is 1.66. The molecule has 0 aliphatic carbocycles.